The molecule has 0 atom stereocenters. The van der Waals surface area contributed by atoms with Gasteiger partial charge in [-0.25, -0.2) is 4.39 Å². The van der Waals surface area contributed by atoms with Crippen LogP contribution in [0.4, 0.5) is 4.39 Å². The SMILES string of the molecule is CCc1noc(CC)c1CNC(=NC)NCc1ccc(C)c(F)c1.I. The van der Waals surface area contributed by atoms with E-state index in [1.54, 1.807) is 26.1 Å². The first-order valence-electron chi connectivity index (χ1n) is 8.24. The zero-order chi connectivity index (χ0) is 17.5. The number of hydrogen-bond donors (Lipinski definition) is 2. The fourth-order valence-electron chi connectivity index (χ4n) is 2.46. The van der Waals surface area contributed by atoms with Gasteiger partial charge in [0.15, 0.2) is 5.96 Å². The second-order valence-corrected chi connectivity index (χ2v) is 5.60. The molecule has 0 spiro atoms. The van der Waals surface area contributed by atoms with Crippen LogP contribution in [0.1, 0.15) is 42.0 Å². The Kier molecular flexibility index (Phi) is 8.88. The first-order valence-corrected chi connectivity index (χ1v) is 8.24. The van der Waals surface area contributed by atoms with Crippen molar-refractivity contribution in [3.05, 3.63) is 52.2 Å². The molecular formula is C18H26FIN4O. The molecule has 0 aliphatic rings. The number of aliphatic imine (C=N–C) groups is 1. The Balaban J connectivity index is 0.00000312. The quantitative estimate of drug-likeness (QED) is 0.392. The van der Waals surface area contributed by atoms with Crippen molar-refractivity contribution in [3.8, 4) is 0 Å². The molecule has 0 aliphatic carbocycles. The van der Waals surface area contributed by atoms with E-state index < -0.39 is 0 Å². The molecule has 0 amide bonds. The molecule has 0 fully saturated rings. The molecule has 0 radical (unpaired) electrons. The molecule has 5 nitrogen and oxygen atoms in total. The van der Waals surface area contributed by atoms with E-state index in [0.29, 0.717) is 24.6 Å². The van der Waals surface area contributed by atoms with Crippen LogP contribution >= 0.6 is 24.0 Å². The number of aryl methyl sites for hydroxylation is 3. The predicted octanol–water partition coefficient (Wildman–Crippen LogP) is 3.73. The molecule has 0 unspecified atom stereocenters. The van der Waals surface area contributed by atoms with Gasteiger partial charge in [0.25, 0.3) is 0 Å². The normalized spacial score (nSPS) is 11.2. The summed E-state index contributed by atoms with van der Waals surface area (Å²) in [6, 6.07) is 5.23. The Labute approximate surface area is 165 Å². The molecular weight excluding hydrogens is 434 g/mol. The maximum absolute atomic E-state index is 13.6. The number of hydrogen-bond acceptors (Lipinski definition) is 3. The molecule has 2 aromatic rings. The number of guanidine groups is 1. The average Bonchev–Trinajstić information content (AvgIpc) is 3.00. The molecule has 1 heterocycles. The Bertz CT molecular complexity index is 694. The summed E-state index contributed by atoms with van der Waals surface area (Å²) >= 11 is 0. The zero-order valence-corrected chi connectivity index (χ0v) is 17.5. The van der Waals surface area contributed by atoms with E-state index in [4.69, 9.17) is 4.52 Å². The Morgan fingerprint density at radius 2 is 1.92 bits per heavy atom. The molecule has 1 aromatic heterocycles. The smallest absolute Gasteiger partial charge is 0.191 e. The third-order valence-corrected chi connectivity index (χ3v) is 3.96. The molecule has 0 saturated carbocycles. The number of halogens is 2. The van der Waals surface area contributed by atoms with Crippen molar-refractivity contribution in [3.63, 3.8) is 0 Å². The number of aromatic nitrogens is 1. The van der Waals surface area contributed by atoms with Gasteiger partial charge in [-0.15, -0.1) is 24.0 Å². The summed E-state index contributed by atoms with van der Waals surface area (Å²) < 4.78 is 19.0. The lowest BCUT2D eigenvalue weighted by molar-refractivity contribution is 0.380. The van der Waals surface area contributed by atoms with Crippen LogP contribution in [0.2, 0.25) is 0 Å². The summed E-state index contributed by atoms with van der Waals surface area (Å²) in [6.07, 6.45) is 1.63. The number of nitrogens with one attached hydrogen (secondary N) is 2. The summed E-state index contributed by atoms with van der Waals surface area (Å²) in [7, 11) is 1.71. The van der Waals surface area contributed by atoms with Gasteiger partial charge in [-0.1, -0.05) is 31.1 Å². The summed E-state index contributed by atoms with van der Waals surface area (Å²) in [5.74, 6) is 1.36. The van der Waals surface area contributed by atoms with Gasteiger partial charge in [-0.2, -0.15) is 0 Å². The maximum atomic E-state index is 13.6. The van der Waals surface area contributed by atoms with E-state index in [1.165, 1.54) is 0 Å². The highest BCUT2D eigenvalue weighted by Gasteiger charge is 2.13. The van der Waals surface area contributed by atoms with Crippen molar-refractivity contribution in [1.82, 2.24) is 15.8 Å². The van der Waals surface area contributed by atoms with E-state index in [2.05, 4.69) is 27.7 Å². The van der Waals surface area contributed by atoms with E-state index >= 15 is 0 Å². The van der Waals surface area contributed by atoms with Crippen molar-refractivity contribution >= 4 is 29.9 Å². The van der Waals surface area contributed by atoms with Crippen molar-refractivity contribution in [2.75, 3.05) is 7.05 Å². The van der Waals surface area contributed by atoms with Gasteiger partial charge in [0.1, 0.15) is 11.6 Å². The molecule has 1 aromatic carbocycles. The first-order chi connectivity index (χ1) is 11.6. The van der Waals surface area contributed by atoms with E-state index in [0.717, 1.165) is 35.4 Å². The van der Waals surface area contributed by atoms with Crippen LogP contribution < -0.4 is 10.6 Å². The third-order valence-electron chi connectivity index (χ3n) is 3.96. The molecule has 0 aliphatic heterocycles. The molecule has 0 saturated heterocycles. The maximum Gasteiger partial charge on any atom is 0.191 e. The number of benzene rings is 1. The van der Waals surface area contributed by atoms with Gasteiger partial charge in [0, 0.05) is 32.1 Å². The fourth-order valence-corrected chi connectivity index (χ4v) is 2.46. The Hall–Kier alpha value is -1.64. The summed E-state index contributed by atoms with van der Waals surface area (Å²) in [5.41, 5.74) is 3.57. The number of rotatable bonds is 6. The van der Waals surface area contributed by atoms with Crippen LogP contribution in [0.25, 0.3) is 0 Å². The van der Waals surface area contributed by atoms with Crippen molar-refractivity contribution in [2.45, 2.75) is 46.7 Å². The first kappa shape index (κ1) is 21.4. The van der Waals surface area contributed by atoms with Gasteiger partial charge in [-0.3, -0.25) is 4.99 Å². The zero-order valence-electron chi connectivity index (χ0n) is 15.1. The predicted molar refractivity (Wildman–Crippen MR) is 109 cm³/mol. The molecule has 2 N–H and O–H groups in total. The minimum Gasteiger partial charge on any atom is -0.361 e. The number of nitrogens with zero attached hydrogens (tertiary/aromatic N) is 2. The summed E-state index contributed by atoms with van der Waals surface area (Å²) in [5, 5.41) is 10.6. The van der Waals surface area contributed by atoms with Crippen molar-refractivity contribution in [2.24, 2.45) is 4.99 Å². The summed E-state index contributed by atoms with van der Waals surface area (Å²) in [6.45, 7) is 6.95. The highest BCUT2D eigenvalue weighted by molar-refractivity contribution is 14.0. The van der Waals surface area contributed by atoms with Crippen molar-refractivity contribution < 1.29 is 8.91 Å². The van der Waals surface area contributed by atoms with Crippen LogP contribution in [0.15, 0.2) is 27.7 Å². The van der Waals surface area contributed by atoms with Gasteiger partial charge < -0.3 is 15.2 Å². The third kappa shape index (κ3) is 5.69. The molecule has 0 bridgehead atoms. The molecule has 7 heteroatoms. The van der Waals surface area contributed by atoms with Gasteiger partial charge in [0.05, 0.1) is 5.69 Å². The molecule has 25 heavy (non-hydrogen) atoms. The highest BCUT2D eigenvalue weighted by Crippen LogP contribution is 2.15. The van der Waals surface area contributed by atoms with Gasteiger partial charge in [-0.05, 0) is 30.5 Å². The monoisotopic (exact) mass is 460 g/mol. The van der Waals surface area contributed by atoms with Gasteiger partial charge in [0.2, 0.25) is 0 Å². The minimum atomic E-state index is -0.193. The van der Waals surface area contributed by atoms with Crippen LogP contribution in [0.5, 0.6) is 0 Å². The summed E-state index contributed by atoms with van der Waals surface area (Å²) in [4.78, 5) is 4.20. The highest BCUT2D eigenvalue weighted by atomic mass is 127. The Morgan fingerprint density at radius 1 is 1.20 bits per heavy atom. The van der Waals surface area contributed by atoms with E-state index in [-0.39, 0.29) is 29.8 Å². The van der Waals surface area contributed by atoms with Crippen LogP contribution in [0, 0.1) is 12.7 Å². The lowest BCUT2D eigenvalue weighted by Gasteiger charge is -2.12. The van der Waals surface area contributed by atoms with Crippen LogP contribution in [-0.4, -0.2) is 18.2 Å². The Morgan fingerprint density at radius 3 is 2.52 bits per heavy atom. The van der Waals surface area contributed by atoms with Gasteiger partial charge >= 0.3 is 0 Å². The molecule has 138 valence electrons. The average molecular weight is 460 g/mol. The van der Waals surface area contributed by atoms with Crippen molar-refractivity contribution in [1.29, 1.82) is 0 Å². The molecule has 2 rings (SSSR count). The van der Waals surface area contributed by atoms with Crippen LogP contribution in [0.3, 0.4) is 0 Å². The topological polar surface area (TPSA) is 62.5 Å². The fraction of sp³-hybridized carbons (Fsp3) is 0.444. The van der Waals surface area contributed by atoms with E-state index in [1.807, 2.05) is 13.0 Å². The van der Waals surface area contributed by atoms with Crippen LogP contribution in [-0.2, 0) is 25.9 Å². The largest absolute Gasteiger partial charge is 0.361 e. The standard InChI is InChI=1S/C18H25FN4O.HI/c1-5-16-14(17(6-2)24-23-16)11-22-18(20-4)21-10-13-8-7-12(3)15(19)9-13;/h7-9H,5-6,10-11H2,1-4H3,(H2,20,21,22);1H. The second-order valence-electron chi connectivity index (χ2n) is 5.60. The lowest BCUT2D eigenvalue weighted by Crippen LogP contribution is -2.36. The lowest BCUT2D eigenvalue weighted by atomic mass is 10.1. The second kappa shape index (κ2) is 10.4. The van der Waals surface area contributed by atoms with E-state index in [9.17, 15) is 4.39 Å². The minimum absolute atomic E-state index is 0.